The van der Waals surface area contributed by atoms with Gasteiger partial charge in [0, 0.05) is 37.5 Å². The highest BCUT2D eigenvalue weighted by Gasteiger charge is 2.33. The number of nitrogens with one attached hydrogen (secondary N) is 2. The number of imidazole rings is 1. The van der Waals surface area contributed by atoms with E-state index in [1.165, 1.54) is 0 Å². The second-order valence-corrected chi connectivity index (χ2v) is 10.3. The largest absolute Gasteiger partial charge is 0.494 e. The number of benzene rings is 1. The van der Waals surface area contributed by atoms with Crippen molar-refractivity contribution in [2.45, 2.75) is 25.4 Å². The molecule has 0 unspecified atom stereocenters. The third-order valence-corrected chi connectivity index (χ3v) is 7.29. The highest BCUT2D eigenvalue weighted by molar-refractivity contribution is 6.16. The van der Waals surface area contributed by atoms with E-state index in [1.54, 1.807) is 22.9 Å². The number of aromatic amines is 1. The monoisotopic (exact) mass is 504 g/mol. The highest BCUT2D eigenvalue weighted by Crippen LogP contribution is 2.34. The number of methoxy groups -OCH3 is 1. The van der Waals surface area contributed by atoms with Crippen LogP contribution in [0.25, 0.3) is 22.2 Å². The third-order valence-electron chi connectivity index (χ3n) is 6.65. The number of carbonyl (C=O) groups excluding carboxylic acids is 1. The van der Waals surface area contributed by atoms with Crippen molar-refractivity contribution in [2.75, 3.05) is 58.8 Å². The zero-order valence-corrected chi connectivity index (χ0v) is 21.9. The molecule has 1 fully saturated rings. The molecular formula is C24H35ClN7O3+. The van der Waals surface area contributed by atoms with Gasteiger partial charge < -0.3 is 23.8 Å². The average Bonchev–Trinajstić information content (AvgIpc) is 3.44. The molecule has 0 bridgehead atoms. The van der Waals surface area contributed by atoms with Gasteiger partial charge in [0.05, 0.1) is 39.6 Å². The Morgan fingerprint density at radius 3 is 2.69 bits per heavy atom. The summed E-state index contributed by atoms with van der Waals surface area (Å²) in [6, 6.07) is 4.19. The molecule has 3 aromatic rings. The first-order valence-electron chi connectivity index (χ1n) is 11.8. The number of fused-ring (bicyclic) bond motifs is 1. The molecule has 0 spiro atoms. The van der Waals surface area contributed by atoms with Gasteiger partial charge in [0.25, 0.3) is 0 Å². The number of aromatic nitrogens is 4. The molecule has 3 heterocycles. The Labute approximate surface area is 210 Å². The van der Waals surface area contributed by atoms with Crippen molar-refractivity contribution in [1.29, 1.82) is 0 Å². The molecule has 1 aliphatic heterocycles. The van der Waals surface area contributed by atoms with E-state index < -0.39 is 0 Å². The van der Waals surface area contributed by atoms with Gasteiger partial charge in [-0.3, -0.25) is 10.00 Å². The van der Waals surface area contributed by atoms with E-state index in [1.807, 2.05) is 25.4 Å². The van der Waals surface area contributed by atoms with Crippen LogP contribution in [0, 0.1) is 0 Å². The van der Waals surface area contributed by atoms with Gasteiger partial charge in [-0.15, -0.1) is 0 Å². The minimum absolute atomic E-state index is 0.187. The van der Waals surface area contributed by atoms with Gasteiger partial charge >= 0.3 is 6.03 Å². The zero-order valence-electron chi connectivity index (χ0n) is 21.1. The number of aryl methyl sites for hydroxylation is 1. The molecule has 0 radical (unpaired) electrons. The first-order valence-corrected chi connectivity index (χ1v) is 12.3. The Kier molecular flexibility index (Phi) is 7.25. The van der Waals surface area contributed by atoms with Crippen LogP contribution in [0.1, 0.15) is 19.8 Å². The maximum absolute atomic E-state index is 13.0. The maximum Gasteiger partial charge on any atom is 0.324 e. The summed E-state index contributed by atoms with van der Waals surface area (Å²) in [4.78, 5) is 22.7. The molecule has 190 valence electrons. The number of piperidine rings is 1. The van der Waals surface area contributed by atoms with Gasteiger partial charge in [0.1, 0.15) is 23.3 Å². The molecule has 0 atom stereocenters. The van der Waals surface area contributed by atoms with Gasteiger partial charge in [-0.25, -0.2) is 9.78 Å². The summed E-state index contributed by atoms with van der Waals surface area (Å²) in [7, 11) is 7.65. The molecule has 1 saturated heterocycles. The molecule has 2 amide bonds. The van der Waals surface area contributed by atoms with Gasteiger partial charge in [-0.1, -0.05) is 11.6 Å². The van der Waals surface area contributed by atoms with Crippen LogP contribution in [0.3, 0.4) is 0 Å². The fourth-order valence-electron chi connectivity index (χ4n) is 4.20. The number of anilines is 1. The lowest BCUT2D eigenvalue weighted by Crippen LogP contribution is -2.49. The van der Waals surface area contributed by atoms with Crippen molar-refractivity contribution in [3.05, 3.63) is 24.5 Å². The predicted molar refractivity (Wildman–Crippen MR) is 137 cm³/mol. The summed E-state index contributed by atoms with van der Waals surface area (Å²) in [6.45, 7) is 4.83. The van der Waals surface area contributed by atoms with Crippen molar-refractivity contribution in [2.24, 2.45) is 7.05 Å². The number of carbonyl (C=O) groups is 1. The van der Waals surface area contributed by atoms with Crippen molar-refractivity contribution in [1.82, 2.24) is 24.6 Å². The second kappa shape index (κ2) is 10.0. The number of H-pyrrole nitrogens is 1. The molecule has 1 aromatic carbocycles. The molecular weight excluding hydrogens is 470 g/mol. The Hall–Kier alpha value is -2.82. The summed E-state index contributed by atoms with van der Waals surface area (Å²) in [6.07, 6.45) is 5.26. The predicted octanol–water partition coefficient (Wildman–Crippen LogP) is 3.65. The molecule has 2 N–H and O–H groups in total. The van der Waals surface area contributed by atoms with E-state index in [4.69, 9.17) is 21.1 Å². The number of likely N-dealkylation sites (tertiary alicyclic amines) is 1. The maximum atomic E-state index is 13.0. The van der Waals surface area contributed by atoms with Crippen LogP contribution < -0.4 is 10.1 Å². The second-order valence-electron chi connectivity index (χ2n) is 10.0. The SMILES string of the molecule is COc1ccc(-c2cnn(C)c2)c2nc(NC(=O)N3CCC(C)(OCC[N+](C)(C)CCl)CC3)[nH]c12. The van der Waals surface area contributed by atoms with Crippen molar-refractivity contribution >= 4 is 34.6 Å². The zero-order chi connectivity index (χ0) is 25.2. The summed E-state index contributed by atoms with van der Waals surface area (Å²) in [5.41, 5.74) is 3.04. The topological polar surface area (TPSA) is 97.3 Å². The van der Waals surface area contributed by atoms with Gasteiger partial charge in [-0.2, -0.15) is 5.10 Å². The van der Waals surface area contributed by atoms with Crippen LogP contribution in [0.5, 0.6) is 5.75 Å². The summed E-state index contributed by atoms with van der Waals surface area (Å²) in [5, 5.41) is 7.18. The van der Waals surface area contributed by atoms with Crippen molar-refractivity contribution in [3.63, 3.8) is 0 Å². The minimum atomic E-state index is -0.242. The van der Waals surface area contributed by atoms with Gasteiger partial charge in [-0.05, 0) is 31.9 Å². The number of amides is 2. The summed E-state index contributed by atoms with van der Waals surface area (Å²) >= 11 is 6.00. The van der Waals surface area contributed by atoms with Gasteiger partial charge in [0.2, 0.25) is 5.95 Å². The van der Waals surface area contributed by atoms with E-state index in [2.05, 4.69) is 41.4 Å². The normalized spacial score (nSPS) is 16.0. The third kappa shape index (κ3) is 5.71. The fraction of sp³-hybridized carbons (Fsp3) is 0.542. The van der Waals surface area contributed by atoms with E-state index in [9.17, 15) is 4.79 Å². The number of likely N-dealkylation sites (N-methyl/N-ethyl adjacent to an activating group) is 1. The number of quaternary nitrogens is 1. The first kappa shape index (κ1) is 25.3. The van der Waals surface area contributed by atoms with Crippen molar-refractivity contribution in [3.8, 4) is 16.9 Å². The molecule has 4 rings (SSSR count). The Bertz CT molecular complexity index is 1180. The molecule has 0 saturated carbocycles. The average molecular weight is 505 g/mol. The number of urea groups is 1. The first-order chi connectivity index (χ1) is 16.6. The van der Waals surface area contributed by atoms with E-state index >= 15 is 0 Å². The smallest absolute Gasteiger partial charge is 0.324 e. The number of hydrogen-bond acceptors (Lipinski definition) is 5. The summed E-state index contributed by atoms with van der Waals surface area (Å²) < 4.78 is 14.2. The van der Waals surface area contributed by atoms with Crippen LogP contribution in [0.2, 0.25) is 0 Å². The number of rotatable bonds is 8. The Morgan fingerprint density at radius 2 is 2.06 bits per heavy atom. The fourth-order valence-corrected chi connectivity index (χ4v) is 4.32. The van der Waals surface area contributed by atoms with Crippen LogP contribution >= 0.6 is 11.6 Å². The Balaban J connectivity index is 1.41. The number of hydrogen-bond donors (Lipinski definition) is 2. The molecule has 0 aliphatic carbocycles. The van der Waals surface area contributed by atoms with Crippen molar-refractivity contribution < 1.29 is 18.8 Å². The van der Waals surface area contributed by atoms with E-state index in [-0.39, 0.29) is 11.6 Å². The number of ether oxygens (including phenoxy) is 2. The van der Waals surface area contributed by atoms with Crippen LogP contribution in [0.4, 0.5) is 10.7 Å². The number of nitrogens with zero attached hydrogens (tertiary/aromatic N) is 5. The lowest BCUT2D eigenvalue weighted by Gasteiger charge is -2.39. The standard InChI is InChI=1S/C24H34ClN7O3/c1-24(35-13-12-32(3,4)16-25)8-10-31(11-9-24)23(33)29-22-27-20-18(17-14-26-30(2)15-17)6-7-19(34-5)21(20)28-22/h6-7,14-15H,8-13,16H2,1-5H3,(H-,27,28,29,33)/p+1. The lowest BCUT2D eigenvalue weighted by atomic mass is 9.93. The minimum Gasteiger partial charge on any atom is -0.494 e. The quantitative estimate of drug-likeness (QED) is 0.277. The van der Waals surface area contributed by atoms with Crippen LogP contribution in [0.15, 0.2) is 24.5 Å². The lowest BCUT2D eigenvalue weighted by molar-refractivity contribution is -0.879. The van der Waals surface area contributed by atoms with Gasteiger partial charge in [0.15, 0.2) is 6.00 Å². The molecule has 2 aromatic heterocycles. The molecule has 10 nitrogen and oxygen atoms in total. The molecule has 1 aliphatic rings. The number of alkyl halides is 1. The molecule has 11 heteroatoms. The number of halogens is 1. The Morgan fingerprint density at radius 1 is 1.31 bits per heavy atom. The molecule has 35 heavy (non-hydrogen) atoms. The van der Waals surface area contributed by atoms with E-state index in [0.29, 0.717) is 47.4 Å². The highest BCUT2D eigenvalue weighted by atomic mass is 35.5. The van der Waals surface area contributed by atoms with Crippen LogP contribution in [-0.4, -0.2) is 94.2 Å². The summed E-state index contributed by atoms with van der Waals surface area (Å²) in [5.74, 6) is 1.03. The van der Waals surface area contributed by atoms with E-state index in [0.717, 1.165) is 36.0 Å². The van der Waals surface area contributed by atoms with Crippen LogP contribution in [-0.2, 0) is 11.8 Å².